The fourth-order valence-corrected chi connectivity index (χ4v) is 3.46. The van der Waals surface area contributed by atoms with Gasteiger partial charge in [-0.1, -0.05) is 19.1 Å². The van der Waals surface area contributed by atoms with E-state index in [4.69, 9.17) is 14.2 Å². The fourth-order valence-electron chi connectivity index (χ4n) is 2.51. The Morgan fingerprint density at radius 3 is 2.23 bits per heavy atom. The molecular formula is C19H23NO5S. The first-order chi connectivity index (χ1) is 12.5. The van der Waals surface area contributed by atoms with Gasteiger partial charge < -0.3 is 19.5 Å². The summed E-state index contributed by atoms with van der Waals surface area (Å²) in [6, 6.07) is 10.4. The monoisotopic (exact) mass is 377 g/mol. The van der Waals surface area contributed by atoms with Gasteiger partial charge in [-0.25, -0.2) is 0 Å². The van der Waals surface area contributed by atoms with Crippen LogP contribution in [0.1, 0.15) is 22.8 Å². The fraction of sp³-hybridized carbons (Fsp3) is 0.316. The summed E-state index contributed by atoms with van der Waals surface area (Å²) in [6.07, 6.45) is 0. The summed E-state index contributed by atoms with van der Waals surface area (Å²) in [6.45, 7) is 2.05. The van der Waals surface area contributed by atoms with Crippen molar-refractivity contribution >= 4 is 16.7 Å². The zero-order valence-electron chi connectivity index (χ0n) is 15.3. The van der Waals surface area contributed by atoms with Crippen molar-refractivity contribution in [2.45, 2.75) is 18.4 Å². The Bertz CT molecular complexity index is 807. The van der Waals surface area contributed by atoms with E-state index >= 15 is 0 Å². The molecule has 2 aromatic rings. The zero-order valence-corrected chi connectivity index (χ0v) is 16.1. The van der Waals surface area contributed by atoms with Gasteiger partial charge in [-0.05, 0) is 18.2 Å². The Morgan fingerprint density at radius 2 is 1.62 bits per heavy atom. The molecule has 0 heterocycles. The van der Waals surface area contributed by atoms with Gasteiger partial charge in [0.15, 0.2) is 11.5 Å². The van der Waals surface area contributed by atoms with Gasteiger partial charge in [0.1, 0.15) is 5.75 Å². The van der Waals surface area contributed by atoms with Crippen molar-refractivity contribution in [3.63, 3.8) is 0 Å². The number of ether oxygens (including phenoxy) is 3. The van der Waals surface area contributed by atoms with E-state index in [2.05, 4.69) is 5.32 Å². The van der Waals surface area contributed by atoms with Crippen molar-refractivity contribution < 1.29 is 23.2 Å². The number of nitrogens with one attached hydrogen (secondary N) is 1. The minimum absolute atomic E-state index is 0.232. The molecule has 2 rings (SSSR count). The van der Waals surface area contributed by atoms with E-state index in [-0.39, 0.29) is 12.5 Å². The third-order valence-electron chi connectivity index (χ3n) is 3.87. The van der Waals surface area contributed by atoms with E-state index in [1.54, 1.807) is 57.7 Å². The molecule has 26 heavy (non-hydrogen) atoms. The predicted octanol–water partition coefficient (Wildman–Crippen LogP) is 2.77. The molecule has 1 atom stereocenters. The number of carbonyl (C=O) groups excluding carboxylic acids is 1. The summed E-state index contributed by atoms with van der Waals surface area (Å²) in [5.74, 6) is 1.83. The quantitative estimate of drug-likeness (QED) is 0.766. The topological polar surface area (TPSA) is 73.9 Å². The molecule has 7 heteroatoms. The third kappa shape index (κ3) is 4.35. The highest BCUT2D eigenvalue weighted by atomic mass is 32.2. The van der Waals surface area contributed by atoms with E-state index in [1.165, 1.54) is 0 Å². The second kappa shape index (κ2) is 9.24. The maximum atomic E-state index is 12.6. The van der Waals surface area contributed by atoms with Crippen molar-refractivity contribution in [3.05, 3.63) is 47.5 Å². The van der Waals surface area contributed by atoms with Crippen LogP contribution < -0.4 is 19.5 Å². The second-order valence-electron chi connectivity index (χ2n) is 5.33. The first kappa shape index (κ1) is 19.8. The molecule has 0 aromatic heterocycles. The van der Waals surface area contributed by atoms with Gasteiger partial charge in [-0.2, -0.15) is 0 Å². The summed E-state index contributed by atoms with van der Waals surface area (Å²) in [7, 11) is 3.43. The smallest absolute Gasteiger partial charge is 0.252 e. The molecule has 2 aromatic carbocycles. The van der Waals surface area contributed by atoms with Gasteiger partial charge >= 0.3 is 0 Å². The maximum absolute atomic E-state index is 12.6. The maximum Gasteiger partial charge on any atom is 0.252 e. The van der Waals surface area contributed by atoms with Crippen LogP contribution in [0.15, 0.2) is 41.3 Å². The first-order valence-corrected chi connectivity index (χ1v) is 9.42. The highest BCUT2D eigenvalue weighted by Gasteiger charge is 2.16. The van der Waals surface area contributed by atoms with Crippen LogP contribution in [0.4, 0.5) is 0 Å². The average molecular weight is 377 g/mol. The third-order valence-corrected chi connectivity index (χ3v) is 5.24. The van der Waals surface area contributed by atoms with Crippen LogP contribution in [0, 0.1) is 0 Å². The van der Waals surface area contributed by atoms with Gasteiger partial charge in [0.25, 0.3) is 5.91 Å². The molecule has 0 radical (unpaired) electrons. The van der Waals surface area contributed by atoms with Crippen LogP contribution in [0.2, 0.25) is 0 Å². The predicted molar refractivity (Wildman–Crippen MR) is 101 cm³/mol. The van der Waals surface area contributed by atoms with Crippen molar-refractivity contribution in [3.8, 4) is 17.2 Å². The standard InChI is InChI=1S/C19H23NO5S/c1-5-26(22)18-9-7-6-8-14(18)19(21)20-12-13-10-16(24-3)17(25-4)11-15(13)23-2/h6-11H,5,12H2,1-4H3,(H,20,21)/t26-/m1/s1. The molecule has 0 saturated carbocycles. The normalized spacial score (nSPS) is 11.5. The molecule has 140 valence electrons. The lowest BCUT2D eigenvalue weighted by molar-refractivity contribution is 0.0947. The molecule has 0 spiro atoms. The van der Waals surface area contributed by atoms with Crippen LogP contribution in [-0.4, -0.2) is 37.2 Å². The van der Waals surface area contributed by atoms with Gasteiger partial charge in [-0.3, -0.25) is 9.00 Å². The number of carbonyl (C=O) groups is 1. The van der Waals surface area contributed by atoms with Crippen LogP contribution in [0.25, 0.3) is 0 Å². The van der Waals surface area contributed by atoms with Gasteiger partial charge in [0, 0.05) is 23.9 Å². The van der Waals surface area contributed by atoms with Crippen LogP contribution >= 0.6 is 0 Å². The van der Waals surface area contributed by atoms with E-state index in [0.717, 1.165) is 5.56 Å². The van der Waals surface area contributed by atoms with Crippen molar-refractivity contribution in [2.75, 3.05) is 27.1 Å². The lowest BCUT2D eigenvalue weighted by Gasteiger charge is -2.15. The summed E-state index contributed by atoms with van der Waals surface area (Å²) < 4.78 is 28.1. The number of hydrogen-bond acceptors (Lipinski definition) is 5. The molecule has 0 aliphatic rings. The Balaban J connectivity index is 2.24. The molecule has 0 aliphatic heterocycles. The lowest BCUT2D eigenvalue weighted by atomic mass is 10.1. The molecule has 6 nitrogen and oxygen atoms in total. The van der Waals surface area contributed by atoms with Gasteiger partial charge in [0.2, 0.25) is 0 Å². The minimum atomic E-state index is -1.21. The van der Waals surface area contributed by atoms with Crippen LogP contribution in [-0.2, 0) is 17.3 Å². The summed E-state index contributed by atoms with van der Waals surface area (Å²) in [5.41, 5.74) is 1.15. The Hall–Kier alpha value is -2.54. The molecule has 0 aliphatic carbocycles. The van der Waals surface area contributed by atoms with Crippen LogP contribution in [0.5, 0.6) is 17.2 Å². The number of amides is 1. The van der Waals surface area contributed by atoms with E-state index in [0.29, 0.717) is 33.5 Å². The van der Waals surface area contributed by atoms with Crippen molar-refractivity contribution in [2.24, 2.45) is 0 Å². The summed E-state index contributed by atoms with van der Waals surface area (Å²) in [5, 5.41) is 2.85. The molecular weight excluding hydrogens is 354 g/mol. The van der Waals surface area contributed by atoms with Crippen molar-refractivity contribution in [1.29, 1.82) is 0 Å². The average Bonchev–Trinajstić information content (AvgIpc) is 2.70. The molecule has 1 N–H and O–H groups in total. The molecule has 0 unspecified atom stereocenters. The number of benzene rings is 2. The molecule has 0 bridgehead atoms. The Morgan fingerprint density at radius 1 is 1.00 bits per heavy atom. The van der Waals surface area contributed by atoms with Gasteiger partial charge in [-0.15, -0.1) is 0 Å². The largest absolute Gasteiger partial charge is 0.496 e. The Labute approximate surface area is 155 Å². The zero-order chi connectivity index (χ0) is 19.1. The van der Waals surface area contributed by atoms with Crippen LogP contribution in [0.3, 0.4) is 0 Å². The Kier molecular flexibility index (Phi) is 7.03. The number of hydrogen-bond donors (Lipinski definition) is 1. The second-order valence-corrected chi connectivity index (χ2v) is 7.04. The minimum Gasteiger partial charge on any atom is -0.496 e. The molecule has 0 fully saturated rings. The molecule has 0 saturated heterocycles. The number of methoxy groups -OCH3 is 3. The highest BCUT2D eigenvalue weighted by Crippen LogP contribution is 2.34. The van der Waals surface area contributed by atoms with Gasteiger partial charge in [0.05, 0.1) is 42.6 Å². The highest BCUT2D eigenvalue weighted by molar-refractivity contribution is 7.85. The van der Waals surface area contributed by atoms with E-state index in [1.807, 2.05) is 6.92 Å². The lowest BCUT2D eigenvalue weighted by Crippen LogP contribution is -2.24. The first-order valence-electron chi connectivity index (χ1n) is 8.10. The number of rotatable bonds is 8. The SMILES string of the molecule is CC[S@@](=O)c1ccccc1C(=O)NCc1cc(OC)c(OC)cc1OC. The molecule has 1 amide bonds. The summed E-state index contributed by atoms with van der Waals surface area (Å²) >= 11 is 0. The van der Waals surface area contributed by atoms with E-state index < -0.39 is 10.8 Å². The van der Waals surface area contributed by atoms with Crippen molar-refractivity contribution in [1.82, 2.24) is 5.32 Å². The van der Waals surface area contributed by atoms with E-state index in [9.17, 15) is 9.00 Å². The summed E-state index contributed by atoms with van der Waals surface area (Å²) in [4.78, 5) is 13.1.